The van der Waals surface area contributed by atoms with Crippen LogP contribution in [-0.2, 0) is 11.3 Å². The Morgan fingerprint density at radius 3 is 3.05 bits per heavy atom. The predicted octanol–water partition coefficient (Wildman–Crippen LogP) is 2.90. The molecule has 1 unspecified atom stereocenters. The Morgan fingerprint density at radius 1 is 1.40 bits per heavy atom. The number of nitrogens with one attached hydrogen (secondary N) is 1. The van der Waals surface area contributed by atoms with Crippen LogP contribution in [0.25, 0.3) is 0 Å². The third-order valence-electron chi connectivity index (χ3n) is 3.46. The van der Waals surface area contributed by atoms with Crippen molar-refractivity contribution in [2.45, 2.75) is 45.8 Å². The molecule has 110 valence electrons. The van der Waals surface area contributed by atoms with Crippen LogP contribution in [0, 0.1) is 0 Å². The van der Waals surface area contributed by atoms with Crippen molar-refractivity contribution in [3.05, 3.63) is 29.3 Å². The molecule has 0 spiro atoms. The number of unbranched alkanes of at least 4 members (excludes halogenated alkanes) is 1. The van der Waals surface area contributed by atoms with Crippen molar-refractivity contribution in [1.82, 2.24) is 5.32 Å². The van der Waals surface area contributed by atoms with Gasteiger partial charge < -0.3 is 14.8 Å². The van der Waals surface area contributed by atoms with E-state index in [1.807, 2.05) is 12.1 Å². The van der Waals surface area contributed by atoms with Crippen LogP contribution in [0.1, 0.15) is 49.0 Å². The Morgan fingerprint density at radius 2 is 2.25 bits per heavy atom. The first-order valence-electron chi connectivity index (χ1n) is 7.38. The molecule has 2 rings (SSSR count). The van der Waals surface area contributed by atoms with Gasteiger partial charge in [-0.25, -0.2) is 4.79 Å². The lowest BCUT2D eigenvalue weighted by Crippen LogP contribution is -2.16. The highest BCUT2D eigenvalue weighted by molar-refractivity contribution is 5.93. The van der Waals surface area contributed by atoms with E-state index < -0.39 is 0 Å². The summed E-state index contributed by atoms with van der Waals surface area (Å²) in [4.78, 5) is 11.4. The Labute approximate surface area is 120 Å². The molecule has 1 N–H and O–H groups in total. The van der Waals surface area contributed by atoms with Crippen molar-refractivity contribution in [2.75, 3.05) is 13.1 Å². The normalized spacial score (nSPS) is 14.8. The van der Waals surface area contributed by atoms with Gasteiger partial charge in [-0.3, -0.25) is 0 Å². The van der Waals surface area contributed by atoms with Gasteiger partial charge in [-0.15, -0.1) is 0 Å². The number of hydrogen-bond acceptors (Lipinski definition) is 4. The molecule has 0 saturated heterocycles. The number of ether oxygens (including phenoxy) is 2. The molecule has 1 aromatic rings. The zero-order valence-electron chi connectivity index (χ0n) is 12.3. The maximum Gasteiger partial charge on any atom is 0.338 e. The van der Waals surface area contributed by atoms with E-state index in [9.17, 15) is 4.79 Å². The third-order valence-corrected chi connectivity index (χ3v) is 3.46. The molecule has 1 heterocycles. The van der Waals surface area contributed by atoms with Gasteiger partial charge in [0.25, 0.3) is 0 Å². The first-order chi connectivity index (χ1) is 9.70. The second-order valence-corrected chi connectivity index (χ2v) is 5.17. The highest BCUT2D eigenvalue weighted by Crippen LogP contribution is 2.25. The molecule has 4 nitrogen and oxygen atoms in total. The van der Waals surface area contributed by atoms with Crippen LogP contribution < -0.4 is 10.1 Å². The van der Waals surface area contributed by atoms with E-state index in [0.717, 1.165) is 37.2 Å². The van der Waals surface area contributed by atoms with Crippen molar-refractivity contribution >= 4 is 5.97 Å². The maximum absolute atomic E-state index is 11.4. The Hall–Kier alpha value is -1.55. The van der Waals surface area contributed by atoms with Crippen LogP contribution in [0.4, 0.5) is 0 Å². The van der Waals surface area contributed by atoms with Gasteiger partial charge in [0.1, 0.15) is 12.4 Å². The predicted molar refractivity (Wildman–Crippen MR) is 78.0 cm³/mol. The second kappa shape index (κ2) is 7.29. The highest BCUT2D eigenvalue weighted by atomic mass is 16.5. The summed E-state index contributed by atoms with van der Waals surface area (Å²) < 4.78 is 10.9. The van der Waals surface area contributed by atoms with E-state index in [4.69, 9.17) is 9.47 Å². The van der Waals surface area contributed by atoms with Gasteiger partial charge in [-0.1, -0.05) is 6.92 Å². The Kier molecular flexibility index (Phi) is 5.41. The van der Waals surface area contributed by atoms with Gasteiger partial charge in [0.05, 0.1) is 11.7 Å². The zero-order chi connectivity index (χ0) is 14.4. The number of fused-ring (bicyclic) bond motifs is 1. The van der Waals surface area contributed by atoms with E-state index in [1.54, 1.807) is 6.07 Å². The zero-order valence-corrected chi connectivity index (χ0v) is 12.3. The molecule has 0 aromatic heterocycles. The van der Waals surface area contributed by atoms with Gasteiger partial charge >= 0.3 is 5.97 Å². The number of rotatable bonds is 8. The molecule has 0 fully saturated rings. The molecule has 20 heavy (non-hydrogen) atoms. The number of carbonyl (C=O) groups is 1. The molecule has 1 atom stereocenters. The van der Waals surface area contributed by atoms with Crippen LogP contribution in [0.5, 0.6) is 5.75 Å². The molecule has 0 bridgehead atoms. The molecular weight excluding hydrogens is 254 g/mol. The summed E-state index contributed by atoms with van der Waals surface area (Å²) in [6, 6.07) is 5.55. The largest absolute Gasteiger partial charge is 0.491 e. The molecule has 0 aliphatic carbocycles. The van der Waals surface area contributed by atoms with Crippen molar-refractivity contribution in [3.8, 4) is 5.75 Å². The van der Waals surface area contributed by atoms with Gasteiger partial charge in [0, 0.05) is 5.56 Å². The number of cyclic esters (lactones) is 1. The van der Waals surface area contributed by atoms with Crippen LogP contribution >= 0.6 is 0 Å². The fourth-order valence-corrected chi connectivity index (χ4v) is 2.33. The Bertz CT molecular complexity index is 459. The topological polar surface area (TPSA) is 47.6 Å². The van der Waals surface area contributed by atoms with Gasteiger partial charge in [0.15, 0.2) is 0 Å². The summed E-state index contributed by atoms with van der Waals surface area (Å²) in [6.07, 6.45) is 3.56. The van der Waals surface area contributed by atoms with Gasteiger partial charge in [0.2, 0.25) is 0 Å². The SMILES string of the molecule is CCNCCCCC(C)Oc1ccc2c(c1)COC2=O. The van der Waals surface area contributed by atoms with E-state index in [0.29, 0.717) is 12.2 Å². The number of benzene rings is 1. The quantitative estimate of drug-likeness (QED) is 0.586. The van der Waals surface area contributed by atoms with E-state index in [-0.39, 0.29) is 12.1 Å². The monoisotopic (exact) mass is 277 g/mol. The molecule has 0 amide bonds. The fourth-order valence-electron chi connectivity index (χ4n) is 2.33. The minimum absolute atomic E-state index is 0.188. The minimum Gasteiger partial charge on any atom is -0.491 e. The molecule has 1 aliphatic rings. The van der Waals surface area contributed by atoms with Crippen LogP contribution in [0.3, 0.4) is 0 Å². The van der Waals surface area contributed by atoms with Gasteiger partial charge in [-0.05, 0) is 57.5 Å². The van der Waals surface area contributed by atoms with E-state index >= 15 is 0 Å². The molecule has 1 aliphatic heterocycles. The standard InChI is InChI=1S/C16H23NO3/c1-3-17-9-5-4-6-12(2)20-14-7-8-15-13(10-14)11-19-16(15)18/h7-8,10,12,17H,3-6,9,11H2,1-2H3. The Balaban J connectivity index is 1.77. The average Bonchev–Trinajstić information content (AvgIpc) is 2.80. The van der Waals surface area contributed by atoms with Crippen molar-refractivity contribution in [2.24, 2.45) is 0 Å². The van der Waals surface area contributed by atoms with Crippen LogP contribution in [-0.4, -0.2) is 25.2 Å². The first-order valence-corrected chi connectivity index (χ1v) is 7.38. The summed E-state index contributed by atoms with van der Waals surface area (Å²) in [5.41, 5.74) is 1.59. The molecular formula is C16H23NO3. The summed E-state index contributed by atoms with van der Waals surface area (Å²) in [7, 11) is 0. The summed E-state index contributed by atoms with van der Waals surface area (Å²) in [6.45, 7) is 6.67. The molecule has 0 radical (unpaired) electrons. The van der Waals surface area contributed by atoms with Crippen molar-refractivity contribution in [3.63, 3.8) is 0 Å². The second-order valence-electron chi connectivity index (χ2n) is 5.17. The lowest BCUT2D eigenvalue weighted by atomic mass is 10.1. The maximum atomic E-state index is 11.4. The van der Waals surface area contributed by atoms with E-state index in [2.05, 4.69) is 19.2 Å². The summed E-state index contributed by atoms with van der Waals surface area (Å²) in [5, 5.41) is 3.32. The summed E-state index contributed by atoms with van der Waals surface area (Å²) >= 11 is 0. The smallest absolute Gasteiger partial charge is 0.338 e. The number of esters is 1. The minimum atomic E-state index is -0.233. The molecule has 1 aromatic carbocycles. The van der Waals surface area contributed by atoms with Crippen LogP contribution in [0.15, 0.2) is 18.2 Å². The van der Waals surface area contributed by atoms with Crippen molar-refractivity contribution in [1.29, 1.82) is 0 Å². The lowest BCUT2D eigenvalue weighted by molar-refractivity contribution is 0.0535. The number of carbonyl (C=O) groups excluding carboxylic acids is 1. The third kappa shape index (κ3) is 3.97. The summed E-state index contributed by atoms with van der Waals surface area (Å²) in [5.74, 6) is 0.587. The molecule has 4 heteroatoms. The van der Waals surface area contributed by atoms with Gasteiger partial charge in [-0.2, -0.15) is 0 Å². The highest BCUT2D eigenvalue weighted by Gasteiger charge is 2.21. The lowest BCUT2D eigenvalue weighted by Gasteiger charge is -2.15. The van der Waals surface area contributed by atoms with E-state index in [1.165, 1.54) is 6.42 Å². The first kappa shape index (κ1) is 14.9. The molecule has 0 saturated carbocycles. The van der Waals surface area contributed by atoms with Crippen LogP contribution in [0.2, 0.25) is 0 Å². The average molecular weight is 277 g/mol. The fraction of sp³-hybridized carbons (Fsp3) is 0.562. The van der Waals surface area contributed by atoms with Crippen molar-refractivity contribution < 1.29 is 14.3 Å². The number of hydrogen-bond donors (Lipinski definition) is 1.